The molecule has 0 atom stereocenters. The number of likely N-dealkylation sites (tertiary alicyclic amines) is 1. The number of benzene rings is 1. The van der Waals surface area contributed by atoms with Gasteiger partial charge < -0.3 is 10.2 Å². The second kappa shape index (κ2) is 7.37. The summed E-state index contributed by atoms with van der Waals surface area (Å²) < 4.78 is 0. The van der Waals surface area contributed by atoms with Gasteiger partial charge in [-0.3, -0.25) is 9.59 Å². The number of nitrogens with one attached hydrogen (secondary N) is 1. The molecule has 4 nitrogen and oxygen atoms in total. The fraction of sp³-hybridized carbons (Fsp3) is 0.600. The van der Waals surface area contributed by atoms with Crippen molar-refractivity contribution in [3.63, 3.8) is 0 Å². The van der Waals surface area contributed by atoms with Gasteiger partial charge in [0.1, 0.15) is 0 Å². The van der Waals surface area contributed by atoms with Crippen LogP contribution in [0.15, 0.2) is 18.2 Å². The number of hydrogen-bond donors (Lipinski definition) is 1. The molecule has 1 saturated carbocycles. The Morgan fingerprint density at radius 2 is 1.58 bits per heavy atom. The molecule has 0 radical (unpaired) electrons. The summed E-state index contributed by atoms with van der Waals surface area (Å²) in [7, 11) is 0. The average molecular weight is 328 g/mol. The van der Waals surface area contributed by atoms with E-state index in [1.807, 2.05) is 23.1 Å². The maximum absolute atomic E-state index is 12.5. The smallest absolute Gasteiger partial charge is 0.227 e. The summed E-state index contributed by atoms with van der Waals surface area (Å²) >= 11 is 0. The summed E-state index contributed by atoms with van der Waals surface area (Å²) in [4.78, 5) is 27.0. The lowest BCUT2D eigenvalue weighted by molar-refractivity contribution is -0.136. The highest BCUT2D eigenvalue weighted by Crippen LogP contribution is 2.31. The molecule has 1 N–H and O–H groups in total. The van der Waals surface area contributed by atoms with E-state index in [0.717, 1.165) is 57.3 Å². The summed E-state index contributed by atoms with van der Waals surface area (Å²) in [5.74, 6) is 0.592. The molecule has 0 aromatic heterocycles. The lowest BCUT2D eigenvalue weighted by Gasteiger charge is -2.29. The molecule has 1 aliphatic carbocycles. The zero-order chi connectivity index (χ0) is 17.1. The van der Waals surface area contributed by atoms with Gasteiger partial charge in [-0.2, -0.15) is 0 Å². The van der Waals surface area contributed by atoms with Gasteiger partial charge >= 0.3 is 0 Å². The minimum absolute atomic E-state index is 0.0363. The van der Waals surface area contributed by atoms with Gasteiger partial charge in [0, 0.05) is 30.6 Å². The maximum atomic E-state index is 12.5. The first kappa shape index (κ1) is 17.0. The normalized spacial score (nSPS) is 24.0. The average Bonchev–Trinajstić information content (AvgIpc) is 3.12. The van der Waals surface area contributed by atoms with Crippen molar-refractivity contribution >= 4 is 17.5 Å². The van der Waals surface area contributed by atoms with Gasteiger partial charge in [-0.15, -0.1) is 0 Å². The Kier molecular flexibility index (Phi) is 5.22. The molecule has 1 aliphatic heterocycles. The third-order valence-electron chi connectivity index (χ3n) is 5.64. The van der Waals surface area contributed by atoms with Crippen LogP contribution in [-0.4, -0.2) is 29.8 Å². The number of nitrogens with zero attached hydrogens (tertiary/aromatic N) is 1. The van der Waals surface area contributed by atoms with Crippen LogP contribution in [0.3, 0.4) is 0 Å². The first-order valence-corrected chi connectivity index (χ1v) is 9.21. The van der Waals surface area contributed by atoms with Gasteiger partial charge in [0.15, 0.2) is 0 Å². The van der Waals surface area contributed by atoms with Crippen LogP contribution in [-0.2, 0) is 9.59 Å². The molecule has 130 valence electrons. The number of hydrogen-bond acceptors (Lipinski definition) is 2. The standard InChI is InChI=1S/C20H28N2O2/c1-14-5-10-18(13-15(14)2)21-19(23)16-6-8-17(9-7-16)20(24)22-11-3-4-12-22/h5,10,13,16-17H,3-4,6-9,11-12H2,1-2H3,(H,21,23). The van der Waals surface area contributed by atoms with Gasteiger partial charge in [-0.1, -0.05) is 6.07 Å². The molecule has 1 aromatic carbocycles. The second-order valence-electron chi connectivity index (χ2n) is 7.37. The van der Waals surface area contributed by atoms with Crippen molar-refractivity contribution in [2.45, 2.75) is 52.4 Å². The molecule has 24 heavy (non-hydrogen) atoms. The molecule has 0 spiro atoms. The van der Waals surface area contributed by atoms with Gasteiger partial charge in [0.05, 0.1) is 0 Å². The Morgan fingerprint density at radius 1 is 0.958 bits per heavy atom. The Balaban J connectivity index is 1.51. The monoisotopic (exact) mass is 328 g/mol. The van der Waals surface area contributed by atoms with E-state index in [1.165, 1.54) is 11.1 Å². The Hall–Kier alpha value is -1.84. The fourth-order valence-corrected chi connectivity index (χ4v) is 3.86. The number of amides is 2. The summed E-state index contributed by atoms with van der Waals surface area (Å²) in [6.07, 6.45) is 5.61. The van der Waals surface area contributed by atoms with E-state index >= 15 is 0 Å². The highest BCUT2D eigenvalue weighted by molar-refractivity contribution is 5.93. The Labute approximate surface area is 144 Å². The van der Waals surface area contributed by atoms with Crippen molar-refractivity contribution in [2.75, 3.05) is 18.4 Å². The number of anilines is 1. The predicted molar refractivity (Wildman–Crippen MR) is 95.8 cm³/mol. The molecule has 3 rings (SSSR count). The van der Waals surface area contributed by atoms with Crippen LogP contribution in [0.5, 0.6) is 0 Å². The molecule has 2 amide bonds. The zero-order valence-corrected chi connectivity index (χ0v) is 14.8. The third-order valence-corrected chi connectivity index (χ3v) is 5.64. The molecule has 1 aromatic rings. The van der Waals surface area contributed by atoms with Gasteiger partial charge in [0.2, 0.25) is 11.8 Å². The van der Waals surface area contributed by atoms with Crippen LogP contribution in [0.2, 0.25) is 0 Å². The number of rotatable bonds is 3. The van der Waals surface area contributed by atoms with Crippen LogP contribution >= 0.6 is 0 Å². The molecule has 0 bridgehead atoms. The van der Waals surface area contributed by atoms with Crippen molar-refractivity contribution in [1.29, 1.82) is 0 Å². The topological polar surface area (TPSA) is 49.4 Å². The molecule has 1 heterocycles. The summed E-state index contributed by atoms with van der Waals surface area (Å²) in [6.45, 7) is 5.97. The largest absolute Gasteiger partial charge is 0.342 e. The maximum Gasteiger partial charge on any atom is 0.227 e. The minimum atomic E-state index is 0.0363. The van der Waals surface area contributed by atoms with E-state index < -0.39 is 0 Å². The van der Waals surface area contributed by atoms with Crippen molar-refractivity contribution in [3.05, 3.63) is 29.3 Å². The van der Waals surface area contributed by atoms with Crippen LogP contribution in [0.4, 0.5) is 5.69 Å². The second-order valence-corrected chi connectivity index (χ2v) is 7.37. The van der Waals surface area contributed by atoms with Gasteiger partial charge in [0.25, 0.3) is 0 Å². The number of carbonyl (C=O) groups excluding carboxylic acids is 2. The quantitative estimate of drug-likeness (QED) is 0.920. The highest BCUT2D eigenvalue weighted by atomic mass is 16.2. The van der Waals surface area contributed by atoms with Crippen molar-refractivity contribution in [3.8, 4) is 0 Å². The van der Waals surface area contributed by atoms with E-state index in [-0.39, 0.29) is 17.7 Å². The summed E-state index contributed by atoms with van der Waals surface area (Å²) in [6, 6.07) is 6.02. The SMILES string of the molecule is Cc1ccc(NC(=O)C2CCC(C(=O)N3CCCC3)CC2)cc1C. The highest BCUT2D eigenvalue weighted by Gasteiger charge is 2.32. The van der Waals surface area contributed by atoms with Crippen LogP contribution in [0.1, 0.15) is 49.7 Å². The molecule has 0 unspecified atom stereocenters. The molecule has 4 heteroatoms. The zero-order valence-electron chi connectivity index (χ0n) is 14.8. The summed E-state index contributed by atoms with van der Waals surface area (Å²) in [5, 5.41) is 3.04. The van der Waals surface area contributed by atoms with Crippen LogP contribution in [0, 0.1) is 25.7 Å². The van der Waals surface area contributed by atoms with Gasteiger partial charge in [-0.25, -0.2) is 0 Å². The van der Waals surface area contributed by atoms with E-state index in [9.17, 15) is 9.59 Å². The Morgan fingerprint density at radius 3 is 2.21 bits per heavy atom. The van der Waals surface area contributed by atoms with Crippen molar-refractivity contribution < 1.29 is 9.59 Å². The van der Waals surface area contributed by atoms with Crippen LogP contribution < -0.4 is 5.32 Å². The molecular weight excluding hydrogens is 300 g/mol. The predicted octanol–water partition coefficient (Wildman–Crippen LogP) is 3.67. The molecule has 1 saturated heterocycles. The van der Waals surface area contributed by atoms with Crippen molar-refractivity contribution in [2.24, 2.45) is 11.8 Å². The molecule has 2 fully saturated rings. The van der Waals surface area contributed by atoms with E-state index in [0.29, 0.717) is 5.91 Å². The van der Waals surface area contributed by atoms with Crippen molar-refractivity contribution in [1.82, 2.24) is 4.90 Å². The van der Waals surface area contributed by atoms with Crippen LogP contribution in [0.25, 0.3) is 0 Å². The lowest BCUT2D eigenvalue weighted by atomic mass is 9.81. The third kappa shape index (κ3) is 3.80. The Bertz CT molecular complexity index is 612. The number of aryl methyl sites for hydroxylation is 2. The number of carbonyl (C=O) groups is 2. The first-order valence-electron chi connectivity index (χ1n) is 9.21. The van der Waals surface area contributed by atoms with E-state index in [1.54, 1.807) is 0 Å². The fourth-order valence-electron chi connectivity index (χ4n) is 3.86. The van der Waals surface area contributed by atoms with E-state index in [4.69, 9.17) is 0 Å². The minimum Gasteiger partial charge on any atom is -0.342 e. The lowest BCUT2D eigenvalue weighted by Crippen LogP contribution is -2.37. The van der Waals surface area contributed by atoms with E-state index in [2.05, 4.69) is 19.2 Å². The van der Waals surface area contributed by atoms with Gasteiger partial charge in [-0.05, 0) is 75.6 Å². The first-order chi connectivity index (χ1) is 11.5. The summed E-state index contributed by atoms with van der Waals surface area (Å²) in [5.41, 5.74) is 3.29. The molecule has 2 aliphatic rings. The molecular formula is C20H28N2O2.